The molecule has 0 saturated carbocycles. The number of ether oxygens (including phenoxy) is 1. The van der Waals surface area contributed by atoms with Gasteiger partial charge in [0.15, 0.2) is 10.4 Å². The molecule has 0 radical (unpaired) electrons. The Kier molecular flexibility index (Phi) is 2.62. The van der Waals surface area contributed by atoms with Crippen molar-refractivity contribution in [3.05, 3.63) is 10.5 Å². The molecule has 0 atom stereocenters. The van der Waals surface area contributed by atoms with E-state index in [0.29, 0.717) is 6.61 Å². The summed E-state index contributed by atoms with van der Waals surface area (Å²) in [4.78, 5) is 3.16. The second kappa shape index (κ2) is 3.79. The Hall–Kier alpha value is -1.14. The SMILES string of the molecule is COCCn1c(=S)[nH]c2c(C)nn(C)c21. The van der Waals surface area contributed by atoms with Gasteiger partial charge in [-0.3, -0.25) is 9.25 Å². The molecule has 82 valence electrons. The average Bonchev–Trinajstić information content (AvgIpc) is 2.64. The zero-order valence-electron chi connectivity index (χ0n) is 9.07. The normalized spacial score (nSPS) is 11.4. The van der Waals surface area contributed by atoms with Crippen LogP contribution < -0.4 is 0 Å². The van der Waals surface area contributed by atoms with Gasteiger partial charge in [-0.05, 0) is 19.1 Å². The van der Waals surface area contributed by atoms with Gasteiger partial charge in [-0.1, -0.05) is 0 Å². The summed E-state index contributed by atoms with van der Waals surface area (Å²) in [7, 11) is 3.60. The molecule has 6 heteroatoms. The van der Waals surface area contributed by atoms with Crippen molar-refractivity contribution < 1.29 is 4.74 Å². The number of rotatable bonds is 3. The molecule has 0 fully saturated rings. The summed E-state index contributed by atoms with van der Waals surface area (Å²) in [6.07, 6.45) is 0. The quantitative estimate of drug-likeness (QED) is 0.804. The molecule has 5 nitrogen and oxygen atoms in total. The first-order chi connectivity index (χ1) is 7.15. The first-order valence-electron chi connectivity index (χ1n) is 4.76. The van der Waals surface area contributed by atoms with E-state index in [-0.39, 0.29) is 0 Å². The van der Waals surface area contributed by atoms with E-state index >= 15 is 0 Å². The number of aromatic nitrogens is 4. The maximum Gasteiger partial charge on any atom is 0.179 e. The lowest BCUT2D eigenvalue weighted by atomic mass is 10.4. The number of H-pyrrole nitrogens is 1. The highest BCUT2D eigenvalue weighted by Crippen LogP contribution is 2.16. The molecule has 0 unspecified atom stereocenters. The fraction of sp³-hybridized carbons (Fsp3) is 0.556. The summed E-state index contributed by atoms with van der Waals surface area (Å²) in [6.45, 7) is 3.36. The highest BCUT2D eigenvalue weighted by atomic mass is 32.1. The largest absolute Gasteiger partial charge is 0.383 e. The van der Waals surface area contributed by atoms with Crippen LogP contribution in [0.15, 0.2) is 0 Å². The maximum atomic E-state index is 5.25. The van der Waals surface area contributed by atoms with Gasteiger partial charge < -0.3 is 9.72 Å². The van der Waals surface area contributed by atoms with Gasteiger partial charge in [0.2, 0.25) is 0 Å². The van der Waals surface area contributed by atoms with Crippen LogP contribution in [-0.2, 0) is 18.3 Å². The topological polar surface area (TPSA) is 47.8 Å². The maximum absolute atomic E-state index is 5.25. The Morgan fingerprint density at radius 2 is 2.27 bits per heavy atom. The molecular formula is C9H14N4OS. The molecular weight excluding hydrogens is 212 g/mol. The lowest BCUT2D eigenvalue weighted by Crippen LogP contribution is -2.07. The van der Waals surface area contributed by atoms with Crippen LogP contribution in [0, 0.1) is 11.7 Å². The molecule has 0 bridgehead atoms. The van der Waals surface area contributed by atoms with E-state index in [0.717, 1.165) is 28.2 Å². The van der Waals surface area contributed by atoms with Crippen molar-refractivity contribution >= 4 is 23.4 Å². The predicted molar refractivity (Wildman–Crippen MR) is 60.5 cm³/mol. The van der Waals surface area contributed by atoms with Crippen molar-refractivity contribution in [2.75, 3.05) is 13.7 Å². The van der Waals surface area contributed by atoms with Crippen LogP contribution in [0.1, 0.15) is 5.69 Å². The number of methoxy groups -OCH3 is 1. The van der Waals surface area contributed by atoms with E-state index in [4.69, 9.17) is 17.0 Å². The Morgan fingerprint density at radius 3 is 2.93 bits per heavy atom. The summed E-state index contributed by atoms with van der Waals surface area (Å²) < 4.78 is 9.62. The van der Waals surface area contributed by atoms with Gasteiger partial charge in [-0.2, -0.15) is 5.10 Å². The van der Waals surface area contributed by atoms with Gasteiger partial charge >= 0.3 is 0 Å². The lowest BCUT2D eigenvalue weighted by molar-refractivity contribution is 0.187. The lowest BCUT2D eigenvalue weighted by Gasteiger charge is -2.03. The van der Waals surface area contributed by atoms with Crippen molar-refractivity contribution in [3.8, 4) is 0 Å². The second-order valence-electron chi connectivity index (χ2n) is 3.48. The van der Waals surface area contributed by atoms with Crippen molar-refractivity contribution in [1.29, 1.82) is 0 Å². The van der Waals surface area contributed by atoms with Gasteiger partial charge in [0.05, 0.1) is 18.8 Å². The highest BCUT2D eigenvalue weighted by molar-refractivity contribution is 7.71. The van der Waals surface area contributed by atoms with Crippen LogP contribution in [0.5, 0.6) is 0 Å². The summed E-state index contributed by atoms with van der Waals surface area (Å²) in [5.41, 5.74) is 3.00. The van der Waals surface area contributed by atoms with E-state index < -0.39 is 0 Å². The second-order valence-corrected chi connectivity index (χ2v) is 3.87. The summed E-state index contributed by atoms with van der Waals surface area (Å²) in [5.74, 6) is 0. The molecule has 0 aliphatic carbocycles. The minimum absolute atomic E-state index is 0.644. The van der Waals surface area contributed by atoms with Gasteiger partial charge in [-0.25, -0.2) is 0 Å². The molecule has 0 spiro atoms. The van der Waals surface area contributed by atoms with Crippen molar-refractivity contribution in [1.82, 2.24) is 19.3 Å². The van der Waals surface area contributed by atoms with E-state index in [1.165, 1.54) is 0 Å². The van der Waals surface area contributed by atoms with Crippen molar-refractivity contribution in [3.63, 3.8) is 0 Å². The molecule has 2 rings (SSSR count). The number of fused-ring (bicyclic) bond motifs is 1. The molecule has 0 aromatic carbocycles. The standard InChI is InChI=1S/C9H14N4OS/c1-6-7-8(12(2)11-6)13(4-5-14-3)9(15)10-7/h4-5H2,1-3H3,(H,10,15). The number of aromatic amines is 1. The number of nitrogens with zero attached hydrogens (tertiary/aromatic N) is 3. The predicted octanol–water partition coefficient (Wildman–Crippen LogP) is 1.39. The molecule has 0 amide bonds. The highest BCUT2D eigenvalue weighted by Gasteiger charge is 2.11. The number of imidazole rings is 1. The number of hydrogen-bond donors (Lipinski definition) is 1. The number of nitrogens with one attached hydrogen (secondary N) is 1. The van der Waals surface area contributed by atoms with Gasteiger partial charge in [0, 0.05) is 14.2 Å². The van der Waals surface area contributed by atoms with Crippen LogP contribution >= 0.6 is 12.2 Å². The average molecular weight is 226 g/mol. The summed E-state index contributed by atoms with van der Waals surface area (Å²) >= 11 is 5.25. The molecule has 2 aromatic rings. The minimum Gasteiger partial charge on any atom is -0.383 e. The van der Waals surface area contributed by atoms with Crippen molar-refractivity contribution in [2.45, 2.75) is 13.5 Å². The Morgan fingerprint density at radius 1 is 1.53 bits per heavy atom. The summed E-state index contributed by atoms with van der Waals surface area (Å²) in [5, 5.41) is 4.34. The Bertz CT molecular complexity index is 536. The Labute approximate surface area is 92.7 Å². The van der Waals surface area contributed by atoms with Gasteiger partial charge in [-0.15, -0.1) is 0 Å². The fourth-order valence-electron chi connectivity index (χ4n) is 1.76. The first-order valence-corrected chi connectivity index (χ1v) is 5.17. The summed E-state index contributed by atoms with van der Waals surface area (Å²) in [6, 6.07) is 0. The number of aryl methyl sites for hydroxylation is 2. The van der Waals surface area contributed by atoms with Crippen LogP contribution in [0.3, 0.4) is 0 Å². The van der Waals surface area contributed by atoms with E-state index in [1.807, 2.05) is 23.2 Å². The molecule has 0 aliphatic rings. The first kappa shape index (κ1) is 10.4. The van der Waals surface area contributed by atoms with E-state index in [1.54, 1.807) is 7.11 Å². The van der Waals surface area contributed by atoms with Crippen molar-refractivity contribution in [2.24, 2.45) is 7.05 Å². The third kappa shape index (κ3) is 1.59. The monoisotopic (exact) mass is 226 g/mol. The molecule has 1 N–H and O–H groups in total. The smallest absolute Gasteiger partial charge is 0.179 e. The Balaban J connectivity index is 2.61. The zero-order valence-corrected chi connectivity index (χ0v) is 9.89. The van der Waals surface area contributed by atoms with E-state index in [9.17, 15) is 0 Å². The van der Waals surface area contributed by atoms with E-state index in [2.05, 4.69) is 10.1 Å². The van der Waals surface area contributed by atoms with Gasteiger partial charge in [0.1, 0.15) is 5.52 Å². The van der Waals surface area contributed by atoms with Crippen LogP contribution in [0.25, 0.3) is 11.2 Å². The van der Waals surface area contributed by atoms with Gasteiger partial charge in [0.25, 0.3) is 0 Å². The third-order valence-corrected chi connectivity index (χ3v) is 2.77. The molecule has 2 aromatic heterocycles. The van der Waals surface area contributed by atoms with Crippen LogP contribution in [-0.4, -0.2) is 33.0 Å². The molecule has 0 aliphatic heterocycles. The minimum atomic E-state index is 0.644. The molecule has 15 heavy (non-hydrogen) atoms. The third-order valence-electron chi connectivity index (χ3n) is 2.44. The number of hydrogen-bond acceptors (Lipinski definition) is 3. The zero-order chi connectivity index (χ0) is 11.0. The van der Waals surface area contributed by atoms with Crippen LogP contribution in [0.4, 0.5) is 0 Å². The molecule has 2 heterocycles. The molecule has 0 saturated heterocycles. The fourth-order valence-corrected chi connectivity index (χ4v) is 2.04. The van der Waals surface area contributed by atoms with Crippen LogP contribution in [0.2, 0.25) is 0 Å².